The Kier molecular flexibility index (Phi) is 3.39. The molecule has 1 atom stereocenters. The summed E-state index contributed by atoms with van der Waals surface area (Å²) in [7, 11) is 0. The SMILES string of the molecule is CC(C)C(F)(CN)Cc1cncs1. The zero-order valence-electron chi connectivity index (χ0n) is 7.96. The topological polar surface area (TPSA) is 38.9 Å². The molecule has 0 aliphatic rings. The summed E-state index contributed by atoms with van der Waals surface area (Å²) in [4.78, 5) is 4.87. The van der Waals surface area contributed by atoms with E-state index in [1.165, 1.54) is 11.3 Å². The summed E-state index contributed by atoms with van der Waals surface area (Å²) in [6.45, 7) is 3.78. The van der Waals surface area contributed by atoms with Crippen LogP contribution in [0, 0.1) is 5.92 Å². The lowest BCUT2D eigenvalue weighted by atomic mass is 9.89. The zero-order chi connectivity index (χ0) is 9.90. The summed E-state index contributed by atoms with van der Waals surface area (Å²) in [5, 5.41) is 0. The van der Waals surface area contributed by atoms with Gasteiger partial charge >= 0.3 is 0 Å². The number of thiazole rings is 1. The van der Waals surface area contributed by atoms with Crippen molar-refractivity contribution < 1.29 is 4.39 Å². The van der Waals surface area contributed by atoms with Gasteiger partial charge in [-0.05, 0) is 5.92 Å². The molecular weight excluding hydrogens is 187 g/mol. The van der Waals surface area contributed by atoms with Crippen LogP contribution in [0.2, 0.25) is 0 Å². The molecule has 1 rings (SSSR count). The van der Waals surface area contributed by atoms with Crippen molar-refractivity contribution >= 4 is 11.3 Å². The molecule has 2 N–H and O–H groups in total. The molecule has 0 aliphatic carbocycles. The predicted molar refractivity (Wildman–Crippen MR) is 53.5 cm³/mol. The van der Waals surface area contributed by atoms with Crippen LogP contribution in [-0.4, -0.2) is 17.2 Å². The Morgan fingerprint density at radius 2 is 2.38 bits per heavy atom. The summed E-state index contributed by atoms with van der Waals surface area (Å²) in [6, 6.07) is 0. The van der Waals surface area contributed by atoms with Crippen molar-refractivity contribution in [2.24, 2.45) is 11.7 Å². The molecule has 0 bridgehead atoms. The summed E-state index contributed by atoms with van der Waals surface area (Å²) in [5.41, 5.74) is 5.86. The molecule has 0 fully saturated rings. The Balaban J connectivity index is 2.69. The number of hydrogen-bond acceptors (Lipinski definition) is 3. The number of hydrogen-bond donors (Lipinski definition) is 1. The standard InChI is InChI=1S/C9H15FN2S/c1-7(2)9(10,5-11)3-8-4-12-6-13-8/h4,6-7H,3,5,11H2,1-2H3. The van der Waals surface area contributed by atoms with Crippen molar-refractivity contribution in [1.29, 1.82) is 0 Å². The number of nitrogens with zero attached hydrogens (tertiary/aromatic N) is 1. The highest BCUT2D eigenvalue weighted by atomic mass is 32.1. The molecule has 13 heavy (non-hydrogen) atoms. The van der Waals surface area contributed by atoms with Crippen LogP contribution in [0.1, 0.15) is 18.7 Å². The molecule has 1 aromatic heterocycles. The lowest BCUT2D eigenvalue weighted by Crippen LogP contribution is -2.40. The van der Waals surface area contributed by atoms with Crippen LogP contribution in [0.4, 0.5) is 4.39 Å². The highest BCUT2D eigenvalue weighted by molar-refractivity contribution is 7.09. The maximum absolute atomic E-state index is 14.1. The van der Waals surface area contributed by atoms with Crippen molar-refractivity contribution in [3.05, 3.63) is 16.6 Å². The third-order valence-corrected chi connectivity index (χ3v) is 3.11. The van der Waals surface area contributed by atoms with Crippen molar-refractivity contribution in [2.75, 3.05) is 6.54 Å². The van der Waals surface area contributed by atoms with Gasteiger partial charge in [0, 0.05) is 24.0 Å². The van der Waals surface area contributed by atoms with Gasteiger partial charge in [-0.25, -0.2) is 4.39 Å². The average molecular weight is 202 g/mol. The first-order valence-corrected chi connectivity index (χ1v) is 5.23. The molecule has 1 aromatic rings. The van der Waals surface area contributed by atoms with Crippen LogP contribution < -0.4 is 5.73 Å². The Hall–Kier alpha value is -0.480. The van der Waals surface area contributed by atoms with E-state index in [-0.39, 0.29) is 12.5 Å². The summed E-state index contributed by atoms with van der Waals surface area (Å²) in [5.74, 6) is -0.0559. The second kappa shape index (κ2) is 4.15. The molecule has 0 saturated carbocycles. The van der Waals surface area contributed by atoms with Gasteiger partial charge in [-0.2, -0.15) is 0 Å². The van der Waals surface area contributed by atoms with Gasteiger partial charge in [-0.15, -0.1) is 11.3 Å². The Morgan fingerprint density at radius 1 is 1.69 bits per heavy atom. The molecule has 0 spiro atoms. The van der Waals surface area contributed by atoms with E-state index < -0.39 is 5.67 Å². The molecule has 0 amide bonds. The molecule has 1 heterocycles. The Bertz CT molecular complexity index is 248. The number of halogens is 1. The maximum atomic E-state index is 14.1. The predicted octanol–water partition coefficient (Wildman–Crippen LogP) is 2.01. The number of alkyl halides is 1. The Morgan fingerprint density at radius 3 is 2.77 bits per heavy atom. The molecule has 0 aromatic carbocycles. The molecule has 0 saturated heterocycles. The second-order valence-corrected chi connectivity index (χ2v) is 4.51. The molecule has 0 radical (unpaired) electrons. The fourth-order valence-corrected chi connectivity index (χ4v) is 1.83. The minimum atomic E-state index is -1.29. The third kappa shape index (κ3) is 2.48. The monoisotopic (exact) mass is 202 g/mol. The summed E-state index contributed by atoms with van der Waals surface area (Å²) >= 11 is 1.48. The summed E-state index contributed by atoms with van der Waals surface area (Å²) in [6.07, 6.45) is 2.09. The van der Waals surface area contributed by atoms with Crippen molar-refractivity contribution in [3.63, 3.8) is 0 Å². The first-order chi connectivity index (χ1) is 6.08. The van der Waals surface area contributed by atoms with E-state index in [2.05, 4.69) is 4.98 Å². The molecular formula is C9H15FN2S. The third-order valence-electron chi connectivity index (χ3n) is 2.33. The van der Waals surface area contributed by atoms with Gasteiger partial charge in [0.25, 0.3) is 0 Å². The van der Waals surface area contributed by atoms with Crippen LogP contribution in [0.5, 0.6) is 0 Å². The van der Waals surface area contributed by atoms with Gasteiger partial charge in [-0.3, -0.25) is 4.98 Å². The van der Waals surface area contributed by atoms with Gasteiger partial charge in [0.2, 0.25) is 0 Å². The van der Waals surface area contributed by atoms with Gasteiger partial charge in [0.15, 0.2) is 0 Å². The number of rotatable bonds is 4. The van der Waals surface area contributed by atoms with E-state index in [1.807, 2.05) is 13.8 Å². The highest BCUT2D eigenvalue weighted by Crippen LogP contribution is 2.26. The fourth-order valence-electron chi connectivity index (χ4n) is 1.13. The lowest BCUT2D eigenvalue weighted by Gasteiger charge is -2.27. The van der Waals surface area contributed by atoms with E-state index in [0.29, 0.717) is 6.42 Å². The van der Waals surface area contributed by atoms with Crippen LogP contribution >= 0.6 is 11.3 Å². The number of aromatic nitrogens is 1. The highest BCUT2D eigenvalue weighted by Gasteiger charge is 2.32. The van der Waals surface area contributed by atoms with E-state index in [0.717, 1.165) is 4.88 Å². The minimum absolute atomic E-state index is 0.0559. The normalized spacial score (nSPS) is 16.1. The van der Waals surface area contributed by atoms with Crippen LogP contribution in [0.15, 0.2) is 11.7 Å². The average Bonchev–Trinajstić information content (AvgIpc) is 2.56. The second-order valence-electron chi connectivity index (χ2n) is 3.54. The van der Waals surface area contributed by atoms with Gasteiger partial charge < -0.3 is 5.73 Å². The van der Waals surface area contributed by atoms with Crippen LogP contribution in [0.25, 0.3) is 0 Å². The quantitative estimate of drug-likeness (QED) is 0.811. The van der Waals surface area contributed by atoms with E-state index >= 15 is 0 Å². The van der Waals surface area contributed by atoms with Gasteiger partial charge in [-0.1, -0.05) is 13.8 Å². The zero-order valence-corrected chi connectivity index (χ0v) is 8.77. The number of nitrogens with two attached hydrogens (primary N) is 1. The van der Waals surface area contributed by atoms with Crippen LogP contribution in [0.3, 0.4) is 0 Å². The largest absolute Gasteiger partial charge is 0.328 e. The first kappa shape index (κ1) is 10.6. The van der Waals surface area contributed by atoms with Gasteiger partial charge in [0.1, 0.15) is 5.67 Å². The molecule has 2 nitrogen and oxygen atoms in total. The minimum Gasteiger partial charge on any atom is -0.328 e. The van der Waals surface area contributed by atoms with Gasteiger partial charge in [0.05, 0.1) is 5.51 Å². The van der Waals surface area contributed by atoms with Crippen molar-refractivity contribution in [1.82, 2.24) is 4.98 Å². The molecule has 0 aliphatic heterocycles. The van der Waals surface area contributed by atoms with E-state index in [9.17, 15) is 4.39 Å². The van der Waals surface area contributed by atoms with E-state index in [1.54, 1.807) is 11.7 Å². The maximum Gasteiger partial charge on any atom is 0.130 e. The summed E-state index contributed by atoms with van der Waals surface area (Å²) < 4.78 is 14.1. The fraction of sp³-hybridized carbons (Fsp3) is 0.667. The molecule has 74 valence electrons. The van der Waals surface area contributed by atoms with E-state index in [4.69, 9.17) is 5.73 Å². The van der Waals surface area contributed by atoms with Crippen molar-refractivity contribution in [2.45, 2.75) is 25.9 Å². The molecule has 4 heteroatoms. The molecule has 1 unspecified atom stereocenters. The lowest BCUT2D eigenvalue weighted by molar-refractivity contribution is 0.111. The first-order valence-electron chi connectivity index (χ1n) is 4.35. The Labute approximate surface area is 82.0 Å². The smallest absolute Gasteiger partial charge is 0.130 e. The van der Waals surface area contributed by atoms with Crippen molar-refractivity contribution in [3.8, 4) is 0 Å². The van der Waals surface area contributed by atoms with Crippen LogP contribution in [-0.2, 0) is 6.42 Å².